The number of nitrogens with one attached hydrogen (secondary N) is 2. The van der Waals surface area contributed by atoms with Gasteiger partial charge in [0.15, 0.2) is 0 Å². The molecule has 2 heterocycles. The predicted molar refractivity (Wildman–Crippen MR) is 84.2 cm³/mol. The van der Waals surface area contributed by atoms with Crippen LogP contribution in [0.25, 0.3) is 11.4 Å². The van der Waals surface area contributed by atoms with Gasteiger partial charge in [-0.3, -0.25) is 14.9 Å². The van der Waals surface area contributed by atoms with E-state index in [0.717, 1.165) is 11.3 Å². The first-order valence-electron chi connectivity index (χ1n) is 7.03. The SMILES string of the molecule is Cc1ccc(CNC(=O)c2cc(-c3ccccn3)n[nH]2)cc1. The fourth-order valence-corrected chi connectivity index (χ4v) is 2.07. The summed E-state index contributed by atoms with van der Waals surface area (Å²) in [5.74, 6) is -0.185. The molecule has 22 heavy (non-hydrogen) atoms. The van der Waals surface area contributed by atoms with E-state index in [1.54, 1.807) is 12.3 Å². The largest absolute Gasteiger partial charge is 0.347 e. The minimum absolute atomic E-state index is 0.185. The fraction of sp³-hybridized carbons (Fsp3) is 0.118. The Bertz CT molecular complexity index is 763. The van der Waals surface area contributed by atoms with Gasteiger partial charge in [-0.05, 0) is 30.7 Å². The average Bonchev–Trinajstić information content (AvgIpc) is 3.05. The van der Waals surface area contributed by atoms with Gasteiger partial charge in [-0.15, -0.1) is 0 Å². The zero-order valence-corrected chi connectivity index (χ0v) is 12.2. The number of benzene rings is 1. The van der Waals surface area contributed by atoms with Crippen LogP contribution in [0.3, 0.4) is 0 Å². The van der Waals surface area contributed by atoms with Gasteiger partial charge >= 0.3 is 0 Å². The molecule has 5 nitrogen and oxygen atoms in total. The number of carbonyl (C=O) groups is 1. The van der Waals surface area contributed by atoms with Gasteiger partial charge in [0.05, 0.1) is 5.69 Å². The Hall–Kier alpha value is -2.95. The standard InChI is InChI=1S/C17H16N4O/c1-12-5-7-13(8-6-12)11-19-17(22)16-10-15(20-21-16)14-4-2-3-9-18-14/h2-10H,11H2,1H3,(H,19,22)(H,20,21). The van der Waals surface area contributed by atoms with Crippen LogP contribution in [0.15, 0.2) is 54.7 Å². The Morgan fingerprint density at radius 2 is 1.95 bits per heavy atom. The number of hydrogen-bond donors (Lipinski definition) is 2. The summed E-state index contributed by atoms with van der Waals surface area (Å²) < 4.78 is 0. The van der Waals surface area contributed by atoms with Crippen molar-refractivity contribution in [2.75, 3.05) is 0 Å². The van der Waals surface area contributed by atoms with E-state index in [-0.39, 0.29) is 5.91 Å². The van der Waals surface area contributed by atoms with E-state index in [0.29, 0.717) is 17.9 Å². The maximum Gasteiger partial charge on any atom is 0.269 e. The second-order valence-corrected chi connectivity index (χ2v) is 5.05. The molecular weight excluding hydrogens is 276 g/mol. The molecule has 110 valence electrons. The van der Waals surface area contributed by atoms with Crippen molar-refractivity contribution < 1.29 is 4.79 Å². The van der Waals surface area contributed by atoms with E-state index < -0.39 is 0 Å². The lowest BCUT2D eigenvalue weighted by Gasteiger charge is -2.04. The van der Waals surface area contributed by atoms with E-state index in [1.807, 2.05) is 49.4 Å². The van der Waals surface area contributed by atoms with Crippen LogP contribution in [0.2, 0.25) is 0 Å². The zero-order chi connectivity index (χ0) is 15.4. The summed E-state index contributed by atoms with van der Waals surface area (Å²) in [5, 5.41) is 9.74. The minimum Gasteiger partial charge on any atom is -0.347 e. The van der Waals surface area contributed by atoms with Crippen molar-refractivity contribution in [2.45, 2.75) is 13.5 Å². The summed E-state index contributed by atoms with van der Waals surface area (Å²) in [6, 6.07) is 15.3. The quantitative estimate of drug-likeness (QED) is 0.776. The molecule has 0 aliphatic rings. The molecule has 0 spiro atoms. The number of aromatic amines is 1. The first-order valence-corrected chi connectivity index (χ1v) is 7.03. The Labute approximate surface area is 128 Å². The molecule has 0 bridgehead atoms. The van der Waals surface area contributed by atoms with Gasteiger partial charge in [-0.25, -0.2) is 0 Å². The number of aromatic nitrogens is 3. The maximum atomic E-state index is 12.1. The van der Waals surface area contributed by atoms with Crippen molar-refractivity contribution in [1.29, 1.82) is 0 Å². The van der Waals surface area contributed by atoms with Crippen molar-refractivity contribution in [3.63, 3.8) is 0 Å². The Morgan fingerprint density at radius 3 is 2.68 bits per heavy atom. The van der Waals surface area contributed by atoms with Gasteiger partial charge in [-0.2, -0.15) is 5.10 Å². The van der Waals surface area contributed by atoms with Gasteiger partial charge < -0.3 is 5.32 Å². The van der Waals surface area contributed by atoms with Gasteiger partial charge in [0.1, 0.15) is 11.4 Å². The first-order chi connectivity index (χ1) is 10.7. The van der Waals surface area contributed by atoms with Gasteiger partial charge in [0, 0.05) is 12.7 Å². The van der Waals surface area contributed by atoms with E-state index in [1.165, 1.54) is 5.56 Å². The highest BCUT2D eigenvalue weighted by molar-refractivity contribution is 5.93. The number of hydrogen-bond acceptors (Lipinski definition) is 3. The van der Waals surface area contributed by atoms with Crippen molar-refractivity contribution >= 4 is 5.91 Å². The summed E-state index contributed by atoms with van der Waals surface area (Å²) in [6.45, 7) is 2.52. The number of H-pyrrole nitrogens is 1. The van der Waals surface area contributed by atoms with Crippen molar-refractivity contribution in [2.24, 2.45) is 0 Å². The van der Waals surface area contributed by atoms with Crippen LogP contribution in [0.5, 0.6) is 0 Å². The fourth-order valence-electron chi connectivity index (χ4n) is 2.07. The molecule has 5 heteroatoms. The molecule has 0 aliphatic heterocycles. The van der Waals surface area contributed by atoms with Crippen LogP contribution in [-0.2, 0) is 6.54 Å². The molecule has 2 N–H and O–H groups in total. The highest BCUT2D eigenvalue weighted by Crippen LogP contribution is 2.14. The summed E-state index contributed by atoms with van der Waals surface area (Å²) in [4.78, 5) is 16.3. The molecule has 0 radical (unpaired) electrons. The van der Waals surface area contributed by atoms with Crippen LogP contribution in [0.1, 0.15) is 21.6 Å². The minimum atomic E-state index is -0.185. The lowest BCUT2D eigenvalue weighted by atomic mass is 10.1. The van der Waals surface area contributed by atoms with Crippen LogP contribution in [-0.4, -0.2) is 21.1 Å². The predicted octanol–water partition coefficient (Wildman–Crippen LogP) is 2.71. The lowest BCUT2D eigenvalue weighted by Crippen LogP contribution is -2.23. The summed E-state index contributed by atoms with van der Waals surface area (Å²) in [6.07, 6.45) is 1.70. The number of pyridine rings is 1. The molecular formula is C17H16N4O. The van der Waals surface area contributed by atoms with Crippen LogP contribution < -0.4 is 5.32 Å². The highest BCUT2D eigenvalue weighted by atomic mass is 16.1. The van der Waals surface area contributed by atoms with Crippen LogP contribution >= 0.6 is 0 Å². The molecule has 0 unspecified atom stereocenters. The molecule has 0 saturated heterocycles. The second kappa shape index (κ2) is 6.22. The summed E-state index contributed by atoms with van der Waals surface area (Å²) in [5.41, 5.74) is 4.07. The molecule has 0 aliphatic carbocycles. The summed E-state index contributed by atoms with van der Waals surface area (Å²) in [7, 11) is 0. The molecule has 0 saturated carbocycles. The Balaban J connectivity index is 1.66. The molecule has 0 fully saturated rings. The van der Waals surface area contributed by atoms with Gasteiger partial charge in [0.25, 0.3) is 5.91 Å². The van der Waals surface area contributed by atoms with Crippen LogP contribution in [0.4, 0.5) is 0 Å². The Kier molecular flexibility index (Phi) is 3.96. The molecule has 1 aromatic carbocycles. The van der Waals surface area contributed by atoms with E-state index in [2.05, 4.69) is 20.5 Å². The number of amides is 1. The maximum absolute atomic E-state index is 12.1. The normalized spacial score (nSPS) is 10.4. The first kappa shape index (κ1) is 14.0. The topological polar surface area (TPSA) is 70.7 Å². The van der Waals surface area contributed by atoms with Crippen molar-refractivity contribution in [1.82, 2.24) is 20.5 Å². The number of nitrogens with zero attached hydrogens (tertiary/aromatic N) is 2. The number of rotatable bonds is 4. The lowest BCUT2D eigenvalue weighted by molar-refractivity contribution is 0.0946. The molecule has 0 atom stereocenters. The third-order valence-corrected chi connectivity index (χ3v) is 3.32. The van der Waals surface area contributed by atoms with Crippen molar-refractivity contribution in [3.05, 3.63) is 71.5 Å². The van der Waals surface area contributed by atoms with Crippen LogP contribution in [0, 0.1) is 6.92 Å². The highest BCUT2D eigenvalue weighted by Gasteiger charge is 2.11. The average molecular weight is 292 g/mol. The van der Waals surface area contributed by atoms with Gasteiger partial charge in [0.2, 0.25) is 0 Å². The van der Waals surface area contributed by atoms with E-state index in [9.17, 15) is 4.79 Å². The number of aryl methyl sites for hydroxylation is 1. The zero-order valence-electron chi connectivity index (χ0n) is 12.2. The third-order valence-electron chi connectivity index (χ3n) is 3.32. The smallest absolute Gasteiger partial charge is 0.269 e. The molecule has 1 amide bonds. The van der Waals surface area contributed by atoms with Gasteiger partial charge in [-0.1, -0.05) is 35.9 Å². The Morgan fingerprint density at radius 1 is 1.14 bits per heavy atom. The monoisotopic (exact) mass is 292 g/mol. The molecule has 3 aromatic rings. The molecule has 3 rings (SSSR count). The van der Waals surface area contributed by atoms with E-state index >= 15 is 0 Å². The molecule has 2 aromatic heterocycles. The second-order valence-electron chi connectivity index (χ2n) is 5.05. The number of carbonyl (C=O) groups excluding carboxylic acids is 1. The van der Waals surface area contributed by atoms with E-state index in [4.69, 9.17) is 0 Å². The third kappa shape index (κ3) is 3.20. The van der Waals surface area contributed by atoms with Crippen molar-refractivity contribution in [3.8, 4) is 11.4 Å². The summed E-state index contributed by atoms with van der Waals surface area (Å²) >= 11 is 0.